The molecule has 0 bridgehead atoms. The molecule has 0 atom stereocenters. The molecule has 0 aliphatic heterocycles. The minimum Gasteiger partial charge on any atom is -0.322 e. The third kappa shape index (κ3) is 1.25. The van der Waals surface area contributed by atoms with Crippen LogP contribution >= 0.6 is 0 Å². The van der Waals surface area contributed by atoms with E-state index in [1.165, 1.54) is 0 Å². The van der Waals surface area contributed by atoms with Gasteiger partial charge >= 0.3 is 0 Å². The highest BCUT2D eigenvalue weighted by Crippen LogP contribution is 2.14. The Morgan fingerprint density at radius 1 is 1.29 bits per heavy atom. The number of nitrogens with one attached hydrogen (secondary N) is 1. The van der Waals surface area contributed by atoms with Crippen molar-refractivity contribution in [2.45, 2.75) is 13.8 Å². The van der Waals surface area contributed by atoms with Crippen LogP contribution in [0.2, 0.25) is 0 Å². The second-order valence-electron chi connectivity index (χ2n) is 3.54. The van der Waals surface area contributed by atoms with E-state index in [1.54, 1.807) is 0 Å². The van der Waals surface area contributed by atoms with Gasteiger partial charge in [-0.2, -0.15) is 0 Å². The van der Waals surface area contributed by atoms with Crippen molar-refractivity contribution in [3.63, 3.8) is 0 Å². The fourth-order valence-electron chi connectivity index (χ4n) is 1.58. The van der Waals surface area contributed by atoms with Crippen molar-refractivity contribution in [2.24, 2.45) is 0 Å². The summed E-state index contributed by atoms with van der Waals surface area (Å²) in [4.78, 5) is 14.1. The predicted octanol–water partition coefficient (Wildman–Crippen LogP) is 0.939. The molecule has 0 aliphatic carbocycles. The number of rotatable bonds is 0. The first-order valence-electron chi connectivity index (χ1n) is 4.48. The van der Waals surface area contributed by atoms with Gasteiger partial charge < -0.3 is 4.98 Å². The Bertz CT molecular complexity index is 557. The van der Waals surface area contributed by atoms with Crippen LogP contribution in [0.4, 0.5) is 0 Å². The summed E-state index contributed by atoms with van der Waals surface area (Å²) in [6, 6.07) is 5.89. The Balaban J connectivity index is 2.99. The highest BCUT2D eigenvalue weighted by atomic mass is 16.1. The minimum atomic E-state index is -0.209. The Labute approximate surface area is 83.4 Å². The maximum Gasteiger partial charge on any atom is 0.241 e. The monoisotopic (exact) mass is 183 g/mol. The molecule has 0 unspecified atom stereocenters. The van der Waals surface area contributed by atoms with E-state index in [2.05, 4.69) is 4.98 Å². The fraction of sp³-hybridized carbons (Fsp3) is 0.182. The van der Waals surface area contributed by atoms with Gasteiger partial charge in [0.1, 0.15) is 7.85 Å². The topological polar surface area (TPSA) is 32.9 Å². The van der Waals surface area contributed by atoms with Crippen LogP contribution in [0.5, 0.6) is 0 Å². The molecular formula is C11H10BNO. The molecule has 0 saturated carbocycles. The number of aromatic nitrogens is 1. The largest absolute Gasteiger partial charge is 0.322 e. The number of aryl methyl sites for hydroxylation is 2. The second-order valence-corrected chi connectivity index (χ2v) is 3.54. The van der Waals surface area contributed by atoms with Gasteiger partial charge in [-0.25, -0.2) is 0 Å². The van der Waals surface area contributed by atoms with Gasteiger partial charge in [-0.15, -0.1) is 0 Å². The molecule has 3 heteroatoms. The van der Waals surface area contributed by atoms with Gasteiger partial charge in [0.05, 0.1) is 0 Å². The molecule has 2 aromatic rings. The molecule has 1 N–H and O–H groups in total. The lowest BCUT2D eigenvalue weighted by molar-refractivity contribution is 1.30. The van der Waals surface area contributed by atoms with Crippen molar-refractivity contribution in [1.29, 1.82) is 0 Å². The summed E-state index contributed by atoms with van der Waals surface area (Å²) >= 11 is 0. The van der Waals surface area contributed by atoms with Crippen LogP contribution in [-0.2, 0) is 0 Å². The SMILES string of the molecule is [B]c1c(C)c2cc(C)ccc2[nH]c1=O. The van der Waals surface area contributed by atoms with E-state index in [-0.39, 0.29) is 5.56 Å². The van der Waals surface area contributed by atoms with Gasteiger partial charge in [0.15, 0.2) is 0 Å². The lowest BCUT2D eigenvalue weighted by Crippen LogP contribution is -2.30. The van der Waals surface area contributed by atoms with E-state index in [0.29, 0.717) is 5.46 Å². The maximum atomic E-state index is 11.4. The Hall–Kier alpha value is -1.51. The summed E-state index contributed by atoms with van der Waals surface area (Å²) in [5, 5.41) is 1.02. The van der Waals surface area contributed by atoms with E-state index in [9.17, 15) is 4.79 Å². The van der Waals surface area contributed by atoms with Crippen molar-refractivity contribution in [3.8, 4) is 0 Å². The zero-order chi connectivity index (χ0) is 10.3. The average Bonchev–Trinajstić information content (AvgIpc) is 2.16. The van der Waals surface area contributed by atoms with Crippen molar-refractivity contribution < 1.29 is 0 Å². The standard InChI is InChI=1S/C11H10BNO/c1-6-3-4-9-8(5-6)7(2)10(12)11(14)13-9/h3-5H,1-2H3,(H,13,14). The molecule has 68 valence electrons. The van der Waals surface area contributed by atoms with Crippen LogP contribution in [-0.4, -0.2) is 12.8 Å². The number of hydrogen-bond acceptors (Lipinski definition) is 1. The van der Waals surface area contributed by atoms with Crippen molar-refractivity contribution in [2.75, 3.05) is 0 Å². The zero-order valence-corrected chi connectivity index (χ0v) is 8.22. The minimum absolute atomic E-state index is 0.209. The van der Waals surface area contributed by atoms with Crippen LogP contribution in [0.15, 0.2) is 23.0 Å². The number of benzene rings is 1. The number of fused-ring (bicyclic) bond motifs is 1. The van der Waals surface area contributed by atoms with E-state index in [0.717, 1.165) is 22.0 Å². The van der Waals surface area contributed by atoms with Crippen molar-refractivity contribution in [1.82, 2.24) is 4.98 Å². The maximum absolute atomic E-state index is 11.4. The number of H-pyrrole nitrogens is 1. The predicted molar refractivity (Wildman–Crippen MR) is 59.4 cm³/mol. The summed E-state index contributed by atoms with van der Waals surface area (Å²) in [6.07, 6.45) is 0. The number of aromatic amines is 1. The highest BCUT2D eigenvalue weighted by Gasteiger charge is 2.03. The molecule has 0 aliphatic rings. The van der Waals surface area contributed by atoms with Crippen molar-refractivity contribution >= 4 is 24.2 Å². The van der Waals surface area contributed by atoms with Gasteiger partial charge in [-0.05, 0) is 37.0 Å². The van der Waals surface area contributed by atoms with Crippen LogP contribution in [0.1, 0.15) is 11.1 Å². The Morgan fingerprint density at radius 2 is 2.00 bits per heavy atom. The van der Waals surface area contributed by atoms with Crippen LogP contribution in [0.3, 0.4) is 0 Å². The lowest BCUT2D eigenvalue weighted by Gasteiger charge is -2.05. The molecule has 0 fully saturated rings. The van der Waals surface area contributed by atoms with Gasteiger partial charge in [0.2, 0.25) is 5.56 Å². The number of pyridine rings is 1. The Morgan fingerprint density at radius 3 is 2.71 bits per heavy atom. The highest BCUT2D eigenvalue weighted by molar-refractivity contribution is 6.34. The van der Waals surface area contributed by atoms with E-state index in [1.807, 2.05) is 32.0 Å². The van der Waals surface area contributed by atoms with E-state index < -0.39 is 0 Å². The average molecular weight is 183 g/mol. The third-order valence-electron chi connectivity index (χ3n) is 2.48. The molecular weight excluding hydrogens is 173 g/mol. The van der Waals surface area contributed by atoms with Gasteiger partial charge in [0, 0.05) is 10.9 Å². The Kier molecular flexibility index (Phi) is 1.95. The van der Waals surface area contributed by atoms with E-state index >= 15 is 0 Å². The first-order chi connectivity index (χ1) is 6.59. The van der Waals surface area contributed by atoms with Gasteiger partial charge in [0.25, 0.3) is 0 Å². The quantitative estimate of drug-likeness (QED) is 0.605. The summed E-state index contributed by atoms with van der Waals surface area (Å²) in [5.74, 6) is 0. The zero-order valence-electron chi connectivity index (χ0n) is 8.22. The lowest BCUT2D eigenvalue weighted by atomic mass is 9.90. The van der Waals surface area contributed by atoms with E-state index in [4.69, 9.17) is 7.85 Å². The van der Waals surface area contributed by atoms with Crippen LogP contribution < -0.4 is 11.0 Å². The van der Waals surface area contributed by atoms with Gasteiger partial charge in [-0.3, -0.25) is 4.79 Å². The van der Waals surface area contributed by atoms with Crippen LogP contribution in [0, 0.1) is 13.8 Å². The molecule has 1 aromatic heterocycles. The molecule has 0 spiro atoms. The summed E-state index contributed by atoms with van der Waals surface area (Å²) in [6.45, 7) is 3.88. The molecule has 0 saturated heterocycles. The van der Waals surface area contributed by atoms with Crippen LogP contribution in [0.25, 0.3) is 10.9 Å². The first-order valence-corrected chi connectivity index (χ1v) is 4.48. The first kappa shape index (κ1) is 9.07. The molecule has 0 amide bonds. The van der Waals surface area contributed by atoms with Crippen molar-refractivity contribution in [3.05, 3.63) is 39.7 Å². The molecule has 2 nitrogen and oxygen atoms in total. The summed E-state index contributed by atoms with van der Waals surface area (Å²) in [7, 11) is 5.65. The third-order valence-corrected chi connectivity index (χ3v) is 2.48. The fourth-order valence-corrected chi connectivity index (χ4v) is 1.58. The van der Waals surface area contributed by atoms with Gasteiger partial charge in [-0.1, -0.05) is 11.6 Å². The molecule has 2 rings (SSSR count). The normalized spacial score (nSPS) is 10.7. The second kappa shape index (κ2) is 3.01. The smallest absolute Gasteiger partial charge is 0.241 e. The number of hydrogen-bond donors (Lipinski definition) is 1. The molecule has 1 aromatic carbocycles. The molecule has 1 heterocycles. The molecule has 2 radical (unpaired) electrons. The molecule has 14 heavy (non-hydrogen) atoms. The summed E-state index contributed by atoms with van der Waals surface area (Å²) in [5.41, 5.74) is 2.95. The summed E-state index contributed by atoms with van der Waals surface area (Å²) < 4.78 is 0.